The van der Waals surface area contributed by atoms with Gasteiger partial charge in [0.1, 0.15) is 0 Å². The molecule has 0 saturated carbocycles. The third-order valence-electron chi connectivity index (χ3n) is 3.66. The number of rotatable bonds is 6. The Morgan fingerprint density at radius 1 is 1.00 bits per heavy atom. The van der Waals surface area contributed by atoms with E-state index in [9.17, 15) is 9.59 Å². The van der Waals surface area contributed by atoms with E-state index in [1.54, 1.807) is 19.2 Å². The lowest BCUT2D eigenvalue weighted by molar-refractivity contribution is -0.120. The van der Waals surface area contributed by atoms with E-state index in [1.165, 1.54) is 0 Å². The van der Waals surface area contributed by atoms with Crippen molar-refractivity contribution in [2.24, 2.45) is 0 Å². The molecule has 2 aromatic rings. The zero-order valence-electron chi connectivity index (χ0n) is 14.7. The molecule has 0 radical (unpaired) electrons. The Balaban J connectivity index is 1.79. The van der Waals surface area contributed by atoms with E-state index in [2.05, 4.69) is 16.2 Å². The van der Waals surface area contributed by atoms with Crippen LogP contribution in [0.5, 0.6) is 0 Å². The van der Waals surface area contributed by atoms with Crippen molar-refractivity contribution in [1.29, 1.82) is 0 Å². The Kier molecular flexibility index (Phi) is 6.54. The van der Waals surface area contributed by atoms with E-state index < -0.39 is 0 Å². The summed E-state index contributed by atoms with van der Waals surface area (Å²) in [5.41, 5.74) is 9.35. The van der Waals surface area contributed by atoms with Crippen LogP contribution in [0, 0.1) is 13.8 Å². The maximum atomic E-state index is 12.0. The van der Waals surface area contributed by atoms with Crippen LogP contribution in [0.4, 0.5) is 5.69 Å². The summed E-state index contributed by atoms with van der Waals surface area (Å²) in [5, 5.41) is 3.05. The van der Waals surface area contributed by atoms with Crippen molar-refractivity contribution in [3.05, 3.63) is 64.7 Å². The number of hydrogen-bond acceptors (Lipinski definition) is 4. The predicted octanol–water partition coefficient (Wildman–Crippen LogP) is 2.32. The second-order valence-corrected chi connectivity index (χ2v) is 5.80. The Morgan fingerprint density at radius 2 is 1.72 bits per heavy atom. The van der Waals surface area contributed by atoms with Crippen LogP contribution < -0.4 is 16.2 Å². The fraction of sp³-hybridized carbons (Fsp3) is 0.263. The second kappa shape index (κ2) is 8.84. The molecular formula is C19H23N3O3. The number of carbonyl (C=O) groups excluding carboxylic acids is 2. The van der Waals surface area contributed by atoms with Gasteiger partial charge in [0.25, 0.3) is 11.8 Å². The minimum Gasteiger partial charge on any atom is -0.380 e. The molecule has 0 heterocycles. The fourth-order valence-electron chi connectivity index (χ4n) is 2.35. The summed E-state index contributed by atoms with van der Waals surface area (Å²) in [6, 6.07) is 12.9. The molecule has 0 aliphatic carbocycles. The van der Waals surface area contributed by atoms with Crippen molar-refractivity contribution < 1.29 is 14.3 Å². The normalized spacial score (nSPS) is 10.2. The quantitative estimate of drug-likeness (QED) is 0.705. The van der Waals surface area contributed by atoms with Crippen molar-refractivity contribution in [3.8, 4) is 0 Å². The topological polar surface area (TPSA) is 79.5 Å². The molecule has 0 aliphatic heterocycles. The molecule has 0 saturated heterocycles. The smallest absolute Gasteiger partial charge is 0.269 e. The van der Waals surface area contributed by atoms with Gasteiger partial charge in [-0.05, 0) is 43.2 Å². The molecule has 2 amide bonds. The Bertz CT molecular complexity index is 742. The third kappa shape index (κ3) is 5.61. The zero-order valence-corrected chi connectivity index (χ0v) is 14.7. The molecule has 0 unspecified atom stereocenters. The van der Waals surface area contributed by atoms with E-state index in [-0.39, 0.29) is 18.4 Å². The van der Waals surface area contributed by atoms with Crippen molar-refractivity contribution in [2.75, 3.05) is 19.0 Å². The van der Waals surface area contributed by atoms with Crippen LogP contribution in [0.15, 0.2) is 42.5 Å². The van der Waals surface area contributed by atoms with Gasteiger partial charge in [0, 0.05) is 18.4 Å². The van der Waals surface area contributed by atoms with Gasteiger partial charge in [-0.3, -0.25) is 20.4 Å². The lowest BCUT2D eigenvalue weighted by atomic mass is 10.1. The van der Waals surface area contributed by atoms with Gasteiger partial charge in [0.15, 0.2) is 0 Å². The van der Waals surface area contributed by atoms with E-state index >= 15 is 0 Å². The lowest BCUT2D eigenvalue weighted by Gasteiger charge is -2.11. The van der Waals surface area contributed by atoms with Crippen LogP contribution in [0.1, 0.15) is 27.0 Å². The first-order chi connectivity index (χ1) is 12.0. The number of nitrogens with one attached hydrogen (secondary N) is 3. The van der Waals surface area contributed by atoms with E-state index in [0.29, 0.717) is 12.2 Å². The number of amides is 2. The minimum absolute atomic E-state index is 0.0664. The minimum atomic E-state index is -0.371. The highest BCUT2D eigenvalue weighted by atomic mass is 16.5. The summed E-state index contributed by atoms with van der Waals surface area (Å²) in [6.45, 7) is 4.54. The number of benzene rings is 2. The molecular weight excluding hydrogens is 318 g/mol. The average Bonchev–Trinajstić information content (AvgIpc) is 2.60. The highest BCUT2D eigenvalue weighted by Gasteiger charge is 2.08. The maximum absolute atomic E-state index is 12.0. The van der Waals surface area contributed by atoms with Gasteiger partial charge >= 0.3 is 0 Å². The molecule has 6 nitrogen and oxygen atoms in total. The number of hydrogen-bond donors (Lipinski definition) is 3. The highest BCUT2D eigenvalue weighted by Crippen LogP contribution is 2.15. The molecule has 6 heteroatoms. The average molecular weight is 341 g/mol. The van der Waals surface area contributed by atoms with E-state index in [0.717, 1.165) is 22.4 Å². The van der Waals surface area contributed by atoms with E-state index in [4.69, 9.17) is 4.74 Å². The Morgan fingerprint density at radius 3 is 2.36 bits per heavy atom. The molecule has 0 atom stereocenters. The van der Waals surface area contributed by atoms with Crippen LogP contribution in [0.2, 0.25) is 0 Å². The molecule has 25 heavy (non-hydrogen) atoms. The zero-order chi connectivity index (χ0) is 18.2. The largest absolute Gasteiger partial charge is 0.380 e. The monoisotopic (exact) mass is 341 g/mol. The van der Waals surface area contributed by atoms with Crippen LogP contribution in [-0.4, -0.2) is 25.5 Å². The SMILES string of the molecule is COCc1ccc(C(=O)NNC(=O)CNc2ccc(C)cc2C)cc1. The first kappa shape index (κ1) is 18.5. The number of carbonyl (C=O) groups is 2. The molecule has 0 bridgehead atoms. The van der Waals surface area contributed by atoms with Gasteiger partial charge in [0.2, 0.25) is 0 Å². The summed E-state index contributed by atoms with van der Waals surface area (Å²) in [6.07, 6.45) is 0. The van der Waals surface area contributed by atoms with Gasteiger partial charge < -0.3 is 10.1 Å². The van der Waals surface area contributed by atoms with Gasteiger partial charge in [-0.15, -0.1) is 0 Å². The molecule has 0 spiro atoms. The van der Waals surface area contributed by atoms with Crippen molar-refractivity contribution in [1.82, 2.24) is 10.9 Å². The summed E-state index contributed by atoms with van der Waals surface area (Å²) >= 11 is 0. The molecule has 3 N–H and O–H groups in total. The second-order valence-electron chi connectivity index (χ2n) is 5.80. The number of aryl methyl sites for hydroxylation is 2. The summed E-state index contributed by atoms with van der Waals surface area (Å²) in [7, 11) is 1.61. The number of methoxy groups -OCH3 is 1. The molecule has 0 fully saturated rings. The molecule has 132 valence electrons. The number of ether oxygens (including phenoxy) is 1. The summed E-state index contributed by atoms with van der Waals surface area (Å²) < 4.78 is 5.02. The standard InChI is InChI=1S/C19H23N3O3/c1-13-4-9-17(14(2)10-13)20-11-18(23)21-22-19(24)16-7-5-15(6-8-16)12-25-3/h4-10,20H,11-12H2,1-3H3,(H,21,23)(H,22,24). The van der Waals surface area contributed by atoms with Crippen molar-refractivity contribution in [3.63, 3.8) is 0 Å². The molecule has 0 aromatic heterocycles. The van der Waals surface area contributed by atoms with Crippen molar-refractivity contribution in [2.45, 2.75) is 20.5 Å². The number of anilines is 1. The lowest BCUT2D eigenvalue weighted by Crippen LogP contribution is -2.44. The summed E-state index contributed by atoms with van der Waals surface area (Å²) in [4.78, 5) is 23.9. The van der Waals surface area contributed by atoms with E-state index in [1.807, 2.05) is 44.2 Å². The van der Waals surface area contributed by atoms with Gasteiger partial charge in [-0.25, -0.2) is 0 Å². The van der Waals surface area contributed by atoms with Crippen LogP contribution in [0.25, 0.3) is 0 Å². The first-order valence-electron chi connectivity index (χ1n) is 7.98. The molecule has 2 aromatic carbocycles. The van der Waals surface area contributed by atoms with Gasteiger partial charge in [-0.2, -0.15) is 0 Å². The van der Waals surface area contributed by atoms with Gasteiger partial charge in [0.05, 0.1) is 13.2 Å². The Hall–Kier alpha value is -2.86. The van der Waals surface area contributed by atoms with Gasteiger partial charge in [-0.1, -0.05) is 29.8 Å². The van der Waals surface area contributed by atoms with Crippen molar-refractivity contribution >= 4 is 17.5 Å². The highest BCUT2D eigenvalue weighted by molar-refractivity contribution is 5.95. The maximum Gasteiger partial charge on any atom is 0.269 e. The number of hydrazine groups is 1. The Labute approximate surface area is 147 Å². The molecule has 0 aliphatic rings. The fourth-order valence-corrected chi connectivity index (χ4v) is 2.35. The van der Waals surface area contributed by atoms with Crippen LogP contribution >= 0.6 is 0 Å². The predicted molar refractivity (Wildman–Crippen MR) is 97.2 cm³/mol. The third-order valence-corrected chi connectivity index (χ3v) is 3.66. The molecule has 2 rings (SSSR count). The summed E-state index contributed by atoms with van der Waals surface area (Å²) in [5.74, 6) is -0.701. The van der Waals surface area contributed by atoms with Crippen LogP contribution in [-0.2, 0) is 16.1 Å². The first-order valence-corrected chi connectivity index (χ1v) is 7.98. The van der Waals surface area contributed by atoms with Crippen LogP contribution in [0.3, 0.4) is 0 Å².